The Balaban J connectivity index is 2.92. The molecule has 0 atom stereocenters. The summed E-state index contributed by atoms with van der Waals surface area (Å²) in [5.74, 6) is 0. The van der Waals surface area contributed by atoms with Crippen LogP contribution in [0.2, 0.25) is 0 Å². The van der Waals surface area contributed by atoms with E-state index in [-0.39, 0.29) is 5.41 Å². The molecule has 72 valence electrons. The van der Waals surface area contributed by atoms with E-state index >= 15 is 0 Å². The molecule has 0 saturated heterocycles. The number of hydrogen-bond acceptors (Lipinski definition) is 1. The highest BCUT2D eigenvalue weighted by molar-refractivity contribution is 5.23. The summed E-state index contributed by atoms with van der Waals surface area (Å²) in [7, 11) is 0. The van der Waals surface area contributed by atoms with E-state index in [1.807, 2.05) is 6.20 Å². The predicted octanol–water partition coefficient (Wildman–Crippen LogP) is 3.33. The third-order valence-corrected chi connectivity index (χ3v) is 2.19. The maximum absolute atomic E-state index is 4.34. The zero-order valence-electron chi connectivity index (χ0n) is 9.09. The van der Waals surface area contributed by atoms with Crippen LogP contribution in [0, 0.1) is 0 Å². The summed E-state index contributed by atoms with van der Waals surface area (Å²) in [5.41, 5.74) is 2.84. The highest BCUT2D eigenvalue weighted by Crippen LogP contribution is 2.22. The number of hydrogen-bond donors (Lipinski definition) is 0. The Bertz CT molecular complexity index is 271. The quantitative estimate of drug-likeness (QED) is 0.675. The molecule has 0 aliphatic rings. The Kier molecular flexibility index (Phi) is 3.07. The van der Waals surface area contributed by atoms with E-state index in [1.54, 1.807) is 0 Å². The Morgan fingerprint density at radius 2 is 2.00 bits per heavy atom. The molecule has 1 heteroatoms. The van der Waals surface area contributed by atoms with Gasteiger partial charge >= 0.3 is 0 Å². The number of nitrogens with zero attached hydrogens (tertiary/aromatic N) is 1. The van der Waals surface area contributed by atoms with Crippen molar-refractivity contribution in [3.63, 3.8) is 0 Å². The third-order valence-electron chi connectivity index (χ3n) is 2.19. The van der Waals surface area contributed by atoms with Gasteiger partial charge < -0.3 is 0 Å². The van der Waals surface area contributed by atoms with E-state index in [1.165, 1.54) is 17.7 Å². The molecule has 0 N–H and O–H groups in total. The van der Waals surface area contributed by atoms with Crippen molar-refractivity contribution in [3.05, 3.63) is 29.6 Å². The first kappa shape index (κ1) is 10.2. The van der Waals surface area contributed by atoms with Crippen LogP contribution < -0.4 is 0 Å². The van der Waals surface area contributed by atoms with Crippen LogP contribution in [-0.2, 0) is 11.8 Å². The molecule has 0 aromatic carbocycles. The average molecular weight is 177 g/mol. The van der Waals surface area contributed by atoms with E-state index < -0.39 is 0 Å². The third kappa shape index (κ3) is 2.83. The molecule has 0 amide bonds. The van der Waals surface area contributed by atoms with E-state index in [2.05, 4.69) is 44.8 Å². The van der Waals surface area contributed by atoms with Gasteiger partial charge in [0.15, 0.2) is 0 Å². The van der Waals surface area contributed by atoms with Gasteiger partial charge in [0.1, 0.15) is 0 Å². The fourth-order valence-corrected chi connectivity index (χ4v) is 1.34. The molecule has 1 rings (SSSR count). The zero-order chi connectivity index (χ0) is 9.90. The van der Waals surface area contributed by atoms with Crippen molar-refractivity contribution in [2.45, 2.75) is 46.0 Å². The summed E-state index contributed by atoms with van der Waals surface area (Å²) in [5, 5.41) is 0. The summed E-state index contributed by atoms with van der Waals surface area (Å²) >= 11 is 0. The first-order chi connectivity index (χ1) is 6.04. The zero-order valence-corrected chi connectivity index (χ0v) is 9.09. The lowest BCUT2D eigenvalue weighted by atomic mass is 9.87. The average Bonchev–Trinajstić information content (AvgIpc) is 2.04. The molecule has 0 spiro atoms. The predicted molar refractivity (Wildman–Crippen MR) is 56.9 cm³/mol. The molecular weight excluding hydrogens is 158 g/mol. The second-order valence-electron chi connectivity index (χ2n) is 4.54. The highest BCUT2D eigenvalue weighted by atomic mass is 14.7. The fourth-order valence-electron chi connectivity index (χ4n) is 1.34. The van der Waals surface area contributed by atoms with Crippen LogP contribution in [0.5, 0.6) is 0 Å². The normalized spacial score (nSPS) is 11.7. The largest absolute Gasteiger partial charge is 0.261 e. The molecule has 0 saturated carbocycles. The van der Waals surface area contributed by atoms with Gasteiger partial charge in [-0.25, -0.2) is 0 Å². The monoisotopic (exact) mass is 177 g/mol. The molecule has 0 fully saturated rings. The maximum atomic E-state index is 4.34. The van der Waals surface area contributed by atoms with Gasteiger partial charge in [-0.15, -0.1) is 0 Å². The van der Waals surface area contributed by atoms with Crippen molar-refractivity contribution >= 4 is 0 Å². The molecular formula is C12H19N. The number of pyridine rings is 1. The number of aromatic nitrogens is 1. The lowest BCUT2D eigenvalue weighted by Crippen LogP contribution is -2.11. The Labute approximate surface area is 81.2 Å². The second kappa shape index (κ2) is 3.91. The minimum atomic E-state index is 0.241. The minimum Gasteiger partial charge on any atom is -0.261 e. The van der Waals surface area contributed by atoms with Gasteiger partial charge in [-0.05, 0) is 29.5 Å². The number of aryl methyl sites for hydroxylation is 1. The van der Waals surface area contributed by atoms with Crippen LogP contribution in [0.25, 0.3) is 0 Å². The molecule has 1 nitrogen and oxygen atoms in total. The van der Waals surface area contributed by atoms with Crippen molar-refractivity contribution < 1.29 is 0 Å². The molecule has 13 heavy (non-hydrogen) atoms. The van der Waals surface area contributed by atoms with Crippen molar-refractivity contribution in [1.29, 1.82) is 0 Å². The molecule has 1 aromatic heterocycles. The molecule has 0 bridgehead atoms. The first-order valence-electron chi connectivity index (χ1n) is 4.99. The second-order valence-corrected chi connectivity index (χ2v) is 4.54. The van der Waals surface area contributed by atoms with Crippen LogP contribution in [0.4, 0.5) is 0 Å². The van der Waals surface area contributed by atoms with E-state index in [4.69, 9.17) is 0 Å². The van der Waals surface area contributed by atoms with Crippen molar-refractivity contribution in [1.82, 2.24) is 4.98 Å². The molecule has 0 unspecified atom stereocenters. The molecule has 0 aliphatic carbocycles. The Morgan fingerprint density at radius 3 is 2.54 bits per heavy atom. The van der Waals surface area contributed by atoms with Crippen LogP contribution in [0.1, 0.15) is 45.4 Å². The molecule has 0 aliphatic heterocycles. The van der Waals surface area contributed by atoms with Crippen molar-refractivity contribution in [2.24, 2.45) is 0 Å². The maximum Gasteiger partial charge on any atom is 0.0406 e. The molecule has 1 aromatic rings. The SMILES string of the molecule is CCCc1cc(C(C)(C)C)ccn1. The van der Waals surface area contributed by atoms with Crippen molar-refractivity contribution in [3.8, 4) is 0 Å². The summed E-state index contributed by atoms with van der Waals surface area (Å²) in [6, 6.07) is 4.34. The van der Waals surface area contributed by atoms with Gasteiger partial charge in [-0.1, -0.05) is 34.1 Å². The van der Waals surface area contributed by atoms with Crippen molar-refractivity contribution in [2.75, 3.05) is 0 Å². The van der Waals surface area contributed by atoms with Gasteiger partial charge in [-0.3, -0.25) is 4.98 Å². The highest BCUT2D eigenvalue weighted by Gasteiger charge is 2.13. The van der Waals surface area contributed by atoms with Crippen LogP contribution in [0.3, 0.4) is 0 Å². The van der Waals surface area contributed by atoms with Crippen LogP contribution >= 0.6 is 0 Å². The van der Waals surface area contributed by atoms with Crippen LogP contribution in [0.15, 0.2) is 18.3 Å². The van der Waals surface area contributed by atoms with Crippen LogP contribution in [-0.4, -0.2) is 4.98 Å². The first-order valence-corrected chi connectivity index (χ1v) is 4.99. The summed E-state index contributed by atoms with van der Waals surface area (Å²) in [6.45, 7) is 8.89. The summed E-state index contributed by atoms with van der Waals surface area (Å²) in [6.07, 6.45) is 4.18. The molecule has 0 radical (unpaired) electrons. The minimum absolute atomic E-state index is 0.241. The lowest BCUT2D eigenvalue weighted by Gasteiger charge is -2.19. The Morgan fingerprint density at radius 1 is 1.31 bits per heavy atom. The standard InChI is InChI=1S/C12H19N/c1-5-6-11-9-10(7-8-13-11)12(2,3)4/h7-9H,5-6H2,1-4H3. The van der Waals surface area contributed by atoms with E-state index in [9.17, 15) is 0 Å². The summed E-state index contributed by atoms with van der Waals surface area (Å²) in [4.78, 5) is 4.34. The number of rotatable bonds is 2. The van der Waals surface area contributed by atoms with Gasteiger partial charge in [0.25, 0.3) is 0 Å². The molecule has 1 heterocycles. The Hall–Kier alpha value is -0.850. The van der Waals surface area contributed by atoms with Gasteiger partial charge in [-0.2, -0.15) is 0 Å². The summed E-state index contributed by atoms with van der Waals surface area (Å²) < 4.78 is 0. The van der Waals surface area contributed by atoms with Gasteiger partial charge in [0.2, 0.25) is 0 Å². The smallest absolute Gasteiger partial charge is 0.0406 e. The lowest BCUT2D eigenvalue weighted by molar-refractivity contribution is 0.587. The topological polar surface area (TPSA) is 12.9 Å². The van der Waals surface area contributed by atoms with E-state index in [0.717, 1.165) is 6.42 Å². The van der Waals surface area contributed by atoms with Gasteiger partial charge in [0, 0.05) is 11.9 Å². The van der Waals surface area contributed by atoms with Gasteiger partial charge in [0.05, 0.1) is 0 Å². The van der Waals surface area contributed by atoms with E-state index in [0.29, 0.717) is 0 Å². The fraction of sp³-hybridized carbons (Fsp3) is 0.583.